The van der Waals surface area contributed by atoms with Gasteiger partial charge in [0.15, 0.2) is 0 Å². The minimum atomic E-state index is 0.296. The summed E-state index contributed by atoms with van der Waals surface area (Å²) in [5.41, 5.74) is 5.68. The van der Waals surface area contributed by atoms with Gasteiger partial charge in [-0.25, -0.2) is 9.97 Å². The van der Waals surface area contributed by atoms with Crippen molar-refractivity contribution in [3.63, 3.8) is 0 Å². The molecule has 1 atom stereocenters. The Morgan fingerprint density at radius 1 is 1.50 bits per heavy atom. The standard InChI is InChI=1S/C16H27N5O/c1-3-4-5-6-16(22)21-10-8-13(11-21)20(2)12-15-18-9-7-14(17)19-15/h7,9,13H,3-6,8,10-12H2,1-2H3,(H2,17,18,19). The number of nitrogens with zero attached hydrogens (tertiary/aromatic N) is 4. The van der Waals surface area contributed by atoms with Gasteiger partial charge in [0.05, 0.1) is 6.54 Å². The molecule has 0 saturated carbocycles. The van der Waals surface area contributed by atoms with Gasteiger partial charge in [-0.3, -0.25) is 9.69 Å². The van der Waals surface area contributed by atoms with Crippen LogP contribution in [0.2, 0.25) is 0 Å². The van der Waals surface area contributed by atoms with Crippen molar-refractivity contribution in [2.45, 2.75) is 51.6 Å². The van der Waals surface area contributed by atoms with Gasteiger partial charge >= 0.3 is 0 Å². The third kappa shape index (κ3) is 4.66. The lowest BCUT2D eigenvalue weighted by Crippen LogP contribution is -2.36. The van der Waals surface area contributed by atoms with Crippen LogP contribution in [0.3, 0.4) is 0 Å². The summed E-state index contributed by atoms with van der Waals surface area (Å²) in [7, 11) is 2.06. The molecule has 22 heavy (non-hydrogen) atoms. The van der Waals surface area contributed by atoms with Crippen LogP contribution >= 0.6 is 0 Å². The highest BCUT2D eigenvalue weighted by molar-refractivity contribution is 5.76. The van der Waals surface area contributed by atoms with Crippen LogP contribution in [0.15, 0.2) is 12.3 Å². The van der Waals surface area contributed by atoms with E-state index in [9.17, 15) is 4.79 Å². The van der Waals surface area contributed by atoms with Gasteiger partial charge in [0.1, 0.15) is 11.6 Å². The first-order chi connectivity index (χ1) is 10.6. The summed E-state index contributed by atoms with van der Waals surface area (Å²) in [5.74, 6) is 1.53. The highest BCUT2D eigenvalue weighted by Crippen LogP contribution is 2.17. The van der Waals surface area contributed by atoms with Crippen LogP contribution in [0, 0.1) is 0 Å². The van der Waals surface area contributed by atoms with Crippen molar-refractivity contribution < 1.29 is 4.79 Å². The number of carbonyl (C=O) groups excluding carboxylic acids is 1. The molecule has 1 saturated heterocycles. The Bertz CT molecular complexity index is 493. The van der Waals surface area contributed by atoms with E-state index < -0.39 is 0 Å². The SMILES string of the molecule is CCCCCC(=O)N1CCC(N(C)Cc2nccc(N)n2)C1. The number of nitrogen functional groups attached to an aromatic ring is 1. The molecule has 1 amide bonds. The van der Waals surface area contributed by atoms with Gasteiger partial charge in [-0.2, -0.15) is 0 Å². The van der Waals surface area contributed by atoms with Crippen molar-refractivity contribution in [1.82, 2.24) is 19.8 Å². The number of likely N-dealkylation sites (N-methyl/N-ethyl adjacent to an activating group) is 1. The van der Waals surface area contributed by atoms with Gasteiger partial charge in [0.2, 0.25) is 5.91 Å². The molecule has 1 fully saturated rings. The summed E-state index contributed by atoms with van der Waals surface area (Å²) in [6, 6.07) is 2.07. The topological polar surface area (TPSA) is 75.4 Å². The van der Waals surface area contributed by atoms with Crippen molar-refractivity contribution in [3.8, 4) is 0 Å². The summed E-state index contributed by atoms with van der Waals surface area (Å²) >= 11 is 0. The number of rotatable bonds is 7. The van der Waals surface area contributed by atoms with Crippen LogP contribution in [0.4, 0.5) is 5.82 Å². The fourth-order valence-electron chi connectivity index (χ4n) is 2.86. The number of hydrogen-bond acceptors (Lipinski definition) is 5. The monoisotopic (exact) mass is 305 g/mol. The van der Waals surface area contributed by atoms with Gasteiger partial charge in [-0.1, -0.05) is 19.8 Å². The molecule has 6 heteroatoms. The Kier molecular flexibility index (Phi) is 6.12. The Hall–Kier alpha value is -1.69. The third-order valence-corrected chi connectivity index (χ3v) is 4.25. The molecular weight excluding hydrogens is 278 g/mol. The smallest absolute Gasteiger partial charge is 0.222 e. The molecule has 122 valence electrons. The minimum Gasteiger partial charge on any atom is -0.384 e. The first-order valence-electron chi connectivity index (χ1n) is 8.15. The molecule has 0 spiro atoms. The van der Waals surface area contributed by atoms with Gasteiger partial charge < -0.3 is 10.6 Å². The molecule has 1 aromatic heterocycles. The zero-order chi connectivity index (χ0) is 15.9. The number of likely N-dealkylation sites (tertiary alicyclic amines) is 1. The fraction of sp³-hybridized carbons (Fsp3) is 0.688. The second-order valence-electron chi connectivity index (χ2n) is 6.05. The lowest BCUT2D eigenvalue weighted by Gasteiger charge is -2.24. The maximum absolute atomic E-state index is 12.2. The van der Waals surface area contributed by atoms with Crippen LogP contribution in [-0.2, 0) is 11.3 Å². The first kappa shape index (κ1) is 16.7. The molecule has 0 bridgehead atoms. The highest BCUT2D eigenvalue weighted by Gasteiger charge is 2.28. The summed E-state index contributed by atoms with van der Waals surface area (Å²) in [6.45, 7) is 4.48. The summed E-state index contributed by atoms with van der Waals surface area (Å²) in [5, 5.41) is 0. The molecule has 1 unspecified atom stereocenters. The Labute approximate surface area is 132 Å². The van der Waals surface area contributed by atoms with Crippen LogP contribution < -0.4 is 5.73 Å². The van der Waals surface area contributed by atoms with Crippen molar-refractivity contribution in [2.24, 2.45) is 0 Å². The van der Waals surface area contributed by atoms with E-state index >= 15 is 0 Å². The van der Waals surface area contributed by atoms with Gasteiger partial charge in [0.25, 0.3) is 0 Å². The number of carbonyl (C=O) groups is 1. The van der Waals surface area contributed by atoms with E-state index in [-0.39, 0.29) is 0 Å². The molecule has 2 rings (SSSR count). The van der Waals surface area contributed by atoms with Crippen LogP contribution in [0.5, 0.6) is 0 Å². The zero-order valence-electron chi connectivity index (χ0n) is 13.7. The van der Waals surface area contributed by atoms with Crippen molar-refractivity contribution in [2.75, 3.05) is 25.9 Å². The van der Waals surface area contributed by atoms with Crippen molar-refractivity contribution in [1.29, 1.82) is 0 Å². The number of nitrogens with two attached hydrogens (primary N) is 1. The second kappa shape index (κ2) is 8.08. The molecule has 6 nitrogen and oxygen atoms in total. The van der Waals surface area contributed by atoms with Crippen LogP contribution in [0.25, 0.3) is 0 Å². The van der Waals surface area contributed by atoms with Crippen molar-refractivity contribution in [3.05, 3.63) is 18.1 Å². The van der Waals surface area contributed by atoms with Crippen LogP contribution in [0.1, 0.15) is 44.9 Å². The Morgan fingerprint density at radius 2 is 2.32 bits per heavy atom. The normalized spacial score (nSPS) is 18.1. The number of amides is 1. The molecule has 0 aliphatic carbocycles. The van der Waals surface area contributed by atoms with Gasteiger partial charge in [0, 0.05) is 31.7 Å². The predicted octanol–water partition coefficient (Wildman–Crippen LogP) is 1.67. The van der Waals surface area contributed by atoms with E-state index in [0.717, 1.165) is 44.6 Å². The Balaban J connectivity index is 1.80. The molecule has 0 radical (unpaired) electrons. The maximum atomic E-state index is 12.2. The van der Waals surface area contributed by atoms with Crippen molar-refractivity contribution >= 4 is 11.7 Å². The van der Waals surface area contributed by atoms with Gasteiger partial charge in [-0.05, 0) is 26.0 Å². The minimum absolute atomic E-state index is 0.296. The van der Waals surface area contributed by atoms with E-state index in [1.165, 1.54) is 0 Å². The molecule has 2 N–H and O–H groups in total. The summed E-state index contributed by atoms with van der Waals surface area (Å²) < 4.78 is 0. The average Bonchev–Trinajstić information content (AvgIpc) is 2.97. The lowest BCUT2D eigenvalue weighted by atomic mass is 10.2. The first-order valence-corrected chi connectivity index (χ1v) is 8.15. The number of anilines is 1. The van der Waals surface area contributed by atoms with E-state index in [2.05, 4.69) is 28.8 Å². The quantitative estimate of drug-likeness (QED) is 0.776. The maximum Gasteiger partial charge on any atom is 0.222 e. The molecular formula is C16H27N5O. The molecule has 1 aromatic rings. The Morgan fingerprint density at radius 3 is 3.05 bits per heavy atom. The number of unbranched alkanes of at least 4 members (excludes halogenated alkanes) is 2. The number of hydrogen-bond donors (Lipinski definition) is 1. The third-order valence-electron chi connectivity index (χ3n) is 4.25. The van der Waals surface area contributed by atoms with E-state index in [1.54, 1.807) is 12.3 Å². The van der Waals surface area contributed by atoms with E-state index in [0.29, 0.717) is 30.7 Å². The van der Waals surface area contributed by atoms with Gasteiger partial charge in [-0.15, -0.1) is 0 Å². The lowest BCUT2D eigenvalue weighted by molar-refractivity contribution is -0.130. The molecule has 1 aliphatic rings. The highest BCUT2D eigenvalue weighted by atomic mass is 16.2. The average molecular weight is 305 g/mol. The summed E-state index contributed by atoms with van der Waals surface area (Å²) in [6.07, 6.45) is 6.67. The summed E-state index contributed by atoms with van der Waals surface area (Å²) in [4.78, 5) is 24.8. The molecule has 2 heterocycles. The number of aromatic nitrogens is 2. The molecule has 0 aromatic carbocycles. The largest absolute Gasteiger partial charge is 0.384 e. The molecule has 1 aliphatic heterocycles. The fourth-order valence-corrected chi connectivity index (χ4v) is 2.86. The van der Waals surface area contributed by atoms with Crippen LogP contribution in [-0.4, -0.2) is 51.9 Å². The van der Waals surface area contributed by atoms with E-state index in [1.807, 2.05) is 4.90 Å². The second-order valence-corrected chi connectivity index (χ2v) is 6.05. The zero-order valence-corrected chi connectivity index (χ0v) is 13.7. The predicted molar refractivity (Wildman–Crippen MR) is 87.0 cm³/mol. The van der Waals surface area contributed by atoms with E-state index in [4.69, 9.17) is 5.73 Å².